The van der Waals surface area contributed by atoms with E-state index in [1.165, 1.54) is 22.7 Å². The van der Waals surface area contributed by atoms with Gasteiger partial charge in [0.15, 0.2) is 0 Å². The first-order valence-corrected chi connectivity index (χ1v) is 9.33. The van der Waals surface area contributed by atoms with Gasteiger partial charge in [-0.15, -0.1) is 21.5 Å². The van der Waals surface area contributed by atoms with Crippen LogP contribution in [-0.2, 0) is 0 Å². The number of aromatic nitrogens is 2. The van der Waals surface area contributed by atoms with Gasteiger partial charge in [-0.2, -0.15) is 0 Å². The molecule has 0 fully saturated rings. The lowest BCUT2D eigenvalue weighted by molar-refractivity contribution is 0.102. The Balaban J connectivity index is 1.77. The van der Waals surface area contributed by atoms with Crippen molar-refractivity contribution in [3.8, 4) is 0 Å². The van der Waals surface area contributed by atoms with Crippen LogP contribution in [0.4, 0.5) is 10.8 Å². The second-order valence-corrected chi connectivity index (χ2v) is 7.49. The third-order valence-electron chi connectivity index (χ3n) is 3.32. The second-order valence-electron chi connectivity index (χ2n) is 5.53. The predicted molar refractivity (Wildman–Crippen MR) is 101 cm³/mol. The van der Waals surface area contributed by atoms with Gasteiger partial charge >= 0.3 is 0 Å². The Bertz CT molecular complexity index is 888. The van der Waals surface area contributed by atoms with Crippen LogP contribution in [0.25, 0.3) is 0 Å². The van der Waals surface area contributed by atoms with Crippen molar-refractivity contribution in [1.29, 1.82) is 0 Å². The van der Waals surface area contributed by atoms with E-state index < -0.39 is 0 Å². The maximum absolute atomic E-state index is 12.6. The first-order valence-electron chi connectivity index (χ1n) is 7.63. The topological polar surface area (TPSA) is 84.0 Å². The van der Waals surface area contributed by atoms with Gasteiger partial charge in [-0.25, -0.2) is 0 Å². The van der Waals surface area contributed by atoms with Crippen molar-refractivity contribution in [2.45, 2.75) is 19.8 Å². The zero-order valence-corrected chi connectivity index (χ0v) is 15.3. The van der Waals surface area contributed by atoms with Crippen LogP contribution in [0, 0.1) is 0 Å². The predicted octanol–water partition coefficient (Wildman–Crippen LogP) is 4.23. The van der Waals surface area contributed by atoms with Crippen LogP contribution in [0.1, 0.15) is 44.8 Å². The van der Waals surface area contributed by atoms with E-state index in [9.17, 15) is 9.59 Å². The molecule has 0 saturated carbocycles. The molecule has 0 unspecified atom stereocenters. The third-order valence-corrected chi connectivity index (χ3v) is 5.33. The molecule has 128 valence electrons. The van der Waals surface area contributed by atoms with E-state index in [4.69, 9.17) is 0 Å². The van der Waals surface area contributed by atoms with E-state index >= 15 is 0 Å². The molecule has 0 spiro atoms. The molecule has 2 aromatic heterocycles. The molecule has 3 rings (SSSR count). The number of hydrogen-bond donors (Lipinski definition) is 2. The molecule has 0 radical (unpaired) electrons. The zero-order valence-electron chi connectivity index (χ0n) is 13.6. The lowest BCUT2D eigenvalue weighted by atomic mass is 10.1. The largest absolute Gasteiger partial charge is 0.321 e. The Morgan fingerprint density at radius 1 is 1.00 bits per heavy atom. The minimum Gasteiger partial charge on any atom is -0.321 e. The van der Waals surface area contributed by atoms with Crippen molar-refractivity contribution in [2.75, 3.05) is 10.6 Å². The van der Waals surface area contributed by atoms with E-state index in [2.05, 4.69) is 20.8 Å². The monoisotopic (exact) mass is 372 g/mol. The quantitative estimate of drug-likeness (QED) is 0.702. The summed E-state index contributed by atoms with van der Waals surface area (Å²) in [5, 5.41) is 16.7. The summed E-state index contributed by atoms with van der Waals surface area (Å²) in [6, 6.07) is 10.4. The van der Waals surface area contributed by atoms with Crippen molar-refractivity contribution in [1.82, 2.24) is 10.2 Å². The number of amides is 2. The molecule has 25 heavy (non-hydrogen) atoms. The van der Waals surface area contributed by atoms with Gasteiger partial charge in [0.1, 0.15) is 5.01 Å². The Morgan fingerprint density at radius 3 is 2.48 bits per heavy atom. The molecule has 6 nitrogen and oxygen atoms in total. The van der Waals surface area contributed by atoms with E-state index in [1.54, 1.807) is 36.4 Å². The fourth-order valence-corrected chi connectivity index (χ4v) is 3.42. The lowest BCUT2D eigenvalue weighted by Crippen LogP contribution is -2.17. The van der Waals surface area contributed by atoms with Crippen molar-refractivity contribution in [2.24, 2.45) is 0 Å². The number of carbonyl (C=O) groups is 2. The van der Waals surface area contributed by atoms with E-state index in [-0.39, 0.29) is 17.7 Å². The summed E-state index contributed by atoms with van der Waals surface area (Å²) in [6.07, 6.45) is 0. The van der Waals surface area contributed by atoms with Gasteiger partial charge < -0.3 is 5.32 Å². The van der Waals surface area contributed by atoms with Gasteiger partial charge in [-0.05, 0) is 23.6 Å². The molecular formula is C17H16N4O2S2. The molecule has 8 heteroatoms. The van der Waals surface area contributed by atoms with E-state index in [0.29, 0.717) is 21.3 Å². The lowest BCUT2D eigenvalue weighted by Gasteiger charge is -2.09. The van der Waals surface area contributed by atoms with Crippen molar-refractivity contribution in [3.05, 3.63) is 57.2 Å². The Morgan fingerprint density at radius 2 is 1.80 bits per heavy atom. The summed E-state index contributed by atoms with van der Waals surface area (Å²) in [5.74, 6) is -0.331. The van der Waals surface area contributed by atoms with Gasteiger partial charge in [0, 0.05) is 5.92 Å². The summed E-state index contributed by atoms with van der Waals surface area (Å²) in [7, 11) is 0. The van der Waals surface area contributed by atoms with Crippen LogP contribution in [0.5, 0.6) is 0 Å². The molecule has 0 bridgehead atoms. The fourth-order valence-electron chi connectivity index (χ4n) is 2.06. The Hall–Kier alpha value is -2.58. The fraction of sp³-hybridized carbons (Fsp3) is 0.176. The first kappa shape index (κ1) is 17.2. The van der Waals surface area contributed by atoms with Crippen LogP contribution in [0.15, 0.2) is 41.8 Å². The number of para-hydroxylation sites is 1. The molecule has 0 aliphatic heterocycles. The van der Waals surface area contributed by atoms with Gasteiger partial charge in [0.25, 0.3) is 11.8 Å². The number of benzene rings is 1. The normalized spacial score (nSPS) is 10.7. The molecule has 3 aromatic rings. The molecule has 2 N–H and O–H groups in total. The number of nitrogens with one attached hydrogen (secondary N) is 2. The molecule has 2 amide bonds. The summed E-state index contributed by atoms with van der Waals surface area (Å²) >= 11 is 2.69. The van der Waals surface area contributed by atoms with Crippen molar-refractivity contribution < 1.29 is 9.59 Å². The molecule has 0 atom stereocenters. The maximum Gasteiger partial charge on any atom is 0.265 e. The van der Waals surface area contributed by atoms with E-state index in [1.807, 2.05) is 19.2 Å². The number of rotatable bonds is 5. The molecule has 0 aliphatic carbocycles. The van der Waals surface area contributed by atoms with E-state index in [0.717, 1.165) is 5.01 Å². The van der Waals surface area contributed by atoms with Crippen molar-refractivity contribution >= 4 is 45.3 Å². The highest BCUT2D eigenvalue weighted by Gasteiger charge is 2.16. The highest BCUT2D eigenvalue weighted by atomic mass is 32.1. The average Bonchev–Trinajstić information content (AvgIpc) is 3.27. The molecule has 0 aliphatic rings. The third kappa shape index (κ3) is 4.09. The maximum atomic E-state index is 12.6. The van der Waals surface area contributed by atoms with Crippen LogP contribution < -0.4 is 10.6 Å². The molecule has 1 aromatic carbocycles. The Kier molecular flexibility index (Phi) is 5.20. The summed E-state index contributed by atoms with van der Waals surface area (Å²) in [5.41, 5.74) is 0.820. The molecule has 0 saturated heterocycles. The van der Waals surface area contributed by atoms with Gasteiger partial charge in [-0.1, -0.05) is 43.4 Å². The van der Waals surface area contributed by atoms with Gasteiger partial charge in [0.05, 0.1) is 16.1 Å². The number of hydrogen-bond acceptors (Lipinski definition) is 6. The second kappa shape index (κ2) is 7.54. The first-order chi connectivity index (χ1) is 12.0. The summed E-state index contributed by atoms with van der Waals surface area (Å²) < 4.78 is 0. The van der Waals surface area contributed by atoms with Gasteiger partial charge in [-0.3, -0.25) is 14.9 Å². The smallest absolute Gasteiger partial charge is 0.265 e. The number of thiophene rings is 1. The minimum atomic E-state index is -0.339. The van der Waals surface area contributed by atoms with Crippen LogP contribution >= 0.6 is 22.7 Å². The standard InChI is InChI=1S/C17H16N4O2S2/c1-10(2)16-20-21-17(25-16)19-14(22)11-6-3-4-7-12(11)18-15(23)13-8-5-9-24-13/h3-10H,1-2H3,(H,18,23)(H,19,21,22). The van der Waals surface area contributed by atoms with Crippen molar-refractivity contribution in [3.63, 3.8) is 0 Å². The molecular weight excluding hydrogens is 356 g/mol. The Labute approximate surface area is 152 Å². The van der Waals surface area contributed by atoms with Crippen LogP contribution in [0.2, 0.25) is 0 Å². The number of anilines is 2. The molecule has 2 heterocycles. The van der Waals surface area contributed by atoms with Crippen LogP contribution in [0.3, 0.4) is 0 Å². The number of nitrogens with zero attached hydrogens (tertiary/aromatic N) is 2. The summed E-state index contributed by atoms with van der Waals surface area (Å²) in [6.45, 7) is 4.03. The van der Waals surface area contributed by atoms with Crippen LogP contribution in [-0.4, -0.2) is 22.0 Å². The highest BCUT2D eigenvalue weighted by molar-refractivity contribution is 7.15. The van der Waals surface area contributed by atoms with Gasteiger partial charge in [0.2, 0.25) is 5.13 Å². The summed E-state index contributed by atoms with van der Waals surface area (Å²) in [4.78, 5) is 25.4. The average molecular weight is 372 g/mol. The minimum absolute atomic E-state index is 0.242. The SMILES string of the molecule is CC(C)c1nnc(NC(=O)c2ccccc2NC(=O)c2cccs2)s1. The highest BCUT2D eigenvalue weighted by Crippen LogP contribution is 2.24. The zero-order chi connectivity index (χ0) is 17.8. The number of carbonyl (C=O) groups excluding carboxylic acids is 2.